The van der Waals surface area contributed by atoms with Crippen LogP contribution in [0.25, 0.3) is 22.0 Å². The lowest BCUT2D eigenvalue weighted by Crippen LogP contribution is -2.24. The van der Waals surface area contributed by atoms with Crippen molar-refractivity contribution in [2.75, 3.05) is 5.06 Å². The van der Waals surface area contributed by atoms with Crippen LogP contribution in [-0.2, 0) is 0 Å². The number of hydrogen-bond acceptors (Lipinski definition) is 4. The van der Waals surface area contributed by atoms with E-state index in [4.69, 9.17) is 11.6 Å². The molecule has 2 aromatic heterocycles. The van der Waals surface area contributed by atoms with Gasteiger partial charge in [-0.15, -0.1) is 0 Å². The van der Waals surface area contributed by atoms with Crippen molar-refractivity contribution < 1.29 is 4.79 Å². The monoisotopic (exact) mass is 374 g/mol. The van der Waals surface area contributed by atoms with E-state index in [0.29, 0.717) is 15.8 Å². The van der Waals surface area contributed by atoms with E-state index in [-0.39, 0.29) is 11.3 Å². The number of halogens is 1. The quantitative estimate of drug-likeness (QED) is 0.468. The summed E-state index contributed by atoms with van der Waals surface area (Å²) >= 11 is 5.81. The highest BCUT2D eigenvalue weighted by atomic mass is 35.5. The summed E-state index contributed by atoms with van der Waals surface area (Å²) < 4.78 is 0. The first kappa shape index (κ1) is 17.1. The molecule has 0 bridgehead atoms. The van der Waals surface area contributed by atoms with Gasteiger partial charge in [-0.1, -0.05) is 29.8 Å². The predicted octanol–water partition coefficient (Wildman–Crippen LogP) is 5.09. The number of carbonyl (C=O) groups is 1. The molecule has 0 unspecified atom stereocenters. The Bertz CT molecular complexity index is 1110. The Kier molecular flexibility index (Phi) is 4.54. The van der Waals surface area contributed by atoms with E-state index in [1.165, 1.54) is 18.3 Å². The first-order chi connectivity index (χ1) is 13.1. The fourth-order valence-corrected chi connectivity index (χ4v) is 2.96. The molecule has 0 saturated carbocycles. The summed E-state index contributed by atoms with van der Waals surface area (Å²) in [4.78, 5) is 20.9. The maximum atomic E-state index is 12.4. The number of aromatic nitrogens is 2. The average Bonchev–Trinajstić information content (AvgIpc) is 2.73. The summed E-state index contributed by atoms with van der Waals surface area (Å²) in [7, 11) is 0. The van der Waals surface area contributed by atoms with Gasteiger partial charge < -0.3 is 10.3 Å². The maximum absolute atomic E-state index is 12.4. The molecule has 4 aromatic rings. The molecule has 2 heterocycles. The van der Waals surface area contributed by atoms with Gasteiger partial charge in [-0.2, -0.15) is 0 Å². The van der Waals surface area contributed by atoms with Gasteiger partial charge in [-0.25, -0.2) is 0 Å². The molecule has 0 aliphatic carbocycles. The zero-order valence-electron chi connectivity index (χ0n) is 14.0. The predicted molar refractivity (Wildman–Crippen MR) is 107 cm³/mol. The van der Waals surface area contributed by atoms with E-state index in [1.54, 1.807) is 36.7 Å². The molecule has 132 valence electrons. The van der Waals surface area contributed by atoms with Crippen LogP contribution in [0.2, 0.25) is 5.02 Å². The Labute approximate surface area is 160 Å². The number of anilines is 1. The first-order valence-corrected chi connectivity index (χ1v) is 8.57. The van der Waals surface area contributed by atoms with Gasteiger partial charge >= 0.3 is 0 Å². The largest absolute Gasteiger partial charge is 0.751 e. The molecule has 0 N–H and O–H groups in total. The van der Waals surface area contributed by atoms with Gasteiger partial charge in [0.1, 0.15) is 0 Å². The zero-order chi connectivity index (χ0) is 18.8. The van der Waals surface area contributed by atoms with Crippen molar-refractivity contribution in [1.82, 2.24) is 9.97 Å². The zero-order valence-corrected chi connectivity index (χ0v) is 14.8. The number of benzene rings is 2. The van der Waals surface area contributed by atoms with E-state index in [0.717, 1.165) is 16.3 Å². The fourth-order valence-electron chi connectivity index (χ4n) is 2.84. The maximum Gasteiger partial charge on any atom is 0.249 e. The molecule has 0 radical (unpaired) electrons. The minimum absolute atomic E-state index is 0.214. The lowest BCUT2D eigenvalue weighted by molar-refractivity contribution is 0.0997. The molecule has 27 heavy (non-hydrogen) atoms. The van der Waals surface area contributed by atoms with Crippen LogP contribution >= 0.6 is 11.6 Å². The smallest absolute Gasteiger partial charge is 0.249 e. The SMILES string of the molecule is O=C(c1ccc(-c2cccc3cnccc23)nc1)N([O-])c1ccc(Cl)cc1. The molecule has 6 heteroatoms. The van der Waals surface area contributed by atoms with Crippen molar-refractivity contribution in [2.24, 2.45) is 0 Å². The van der Waals surface area contributed by atoms with E-state index < -0.39 is 5.91 Å². The van der Waals surface area contributed by atoms with Crippen molar-refractivity contribution in [3.63, 3.8) is 0 Å². The third-order valence-electron chi connectivity index (χ3n) is 4.21. The standard InChI is InChI=1S/C21H13ClN3O2/c22-16-5-7-17(8-6-16)25(27)21(26)15-4-9-20(24-13-15)19-3-1-2-14-12-23-11-10-18(14)19/h1-13H/q-1. The summed E-state index contributed by atoms with van der Waals surface area (Å²) in [5, 5.41) is 15.1. The average molecular weight is 375 g/mol. The van der Waals surface area contributed by atoms with Crippen LogP contribution in [0.3, 0.4) is 0 Å². The molecule has 0 spiro atoms. The number of rotatable bonds is 3. The first-order valence-electron chi connectivity index (χ1n) is 8.20. The number of hydroxylamine groups is 1. The third kappa shape index (κ3) is 3.38. The van der Waals surface area contributed by atoms with Gasteiger partial charge in [0.2, 0.25) is 5.91 Å². The molecule has 0 fully saturated rings. The lowest BCUT2D eigenvalue weighted by Gasteiger charge is -2.28. The van der Waals surface area contributed by atoms with Crippen LogP contribution in [0.15, 0.2) is 79.3 Å². The topological polar surface area (TPSA) is 69.2 Å². The van der Waals surface area contributed by atoms with Gasteiger partial charge in [0.25, 0.3) is 0 Å². The lowest BCUT2D eigenvalue weighted by atomic mass is 10.0. The van der Waals surface area contributed by atoms with Crippen LogP contribution in [0, 0.1) is 5.21 Å². The molecular formula is C21H13ClN3O2-. The van der Waals surface area contributed by atoms with E-state index in [9.17, 15) is 10.0 Å². The fraction of sp³-hybridized carbons (Fsp3) is 0. The van der Waals surface area contributed by atoms with Gasteiger partial charge in [-0.05, 0) is 47.9 Å². The van der Waals surface area contributed by atoms with E-state index in [1.807, 2.05) is 24.3 Å². The van der Waals surface area contributed by atoms with Gasteiger partial charge in [-0.3, -0.25) is 14.8 Å². The van der Waals surface area contributed by atoms with Crippen LogP contribution in [0.4, 0.5) is 5.69 Å². The highest BCUT2D eigenvalue weighted by Crippen LogP contribution is 2.27. The minimum Gasteiger partial charge on any atom is -0.751 e. The van der Waals surface area contributed by atoms with E-state index >= 15 is 0 Å². The molecular weight excluding hydrogens is 362 g/mol. The molecule has 1 amide bonds. The highest BCUT2D eigenvalue weighted by Gasteiger charge is 2.11. The van der Waals surface area contributed by atoms with Crippen molar-refractivity contribution in [2.45, 2.75) is 0 Å². The second kappa shape index (κ2) is 7.15. The van der Waals surface area contributed by atoms with Crippen LogP contribution in [0.5, 0.6) is 0 Å². The number of carbonyl (C=O) groups excluding carboxylic acids is 1. The molecule has 0 aliphatic rings. The summed E-state index contributed by atoms with van der Waals surface area (Å²) in [5.41, 5.74) is 2.08. The number of fused-ring (bicyclic) bond motifs is 1. The van der Waals surface area contributed by atoms with E-state index in [2.05, 4.69) is 9.97 Å². The highest BCUT2D eigenvalue weighted by molar-refractivity contribution is 6.30. The van der Waals surface area contributed by atoms with Crippen molar-refractivity contribution >= 4 is 34.0 Å². The Morgan fingerprint density at radius 2 is 1.78 bits per heavy atom. The Morgan fingerprint density at radius 1 is 0.963 bits per heavy atom. The Morgan fingerprint density at radius 3 is 2.52 bits per heavy atom. The third-order valence-corrected chi connectivity index (χ3v) is 4.46. The Hall–Kier alpha value is -3.28. The minimum atomic E-state index is -0.682. The molecule has 0 aliphatic heterocycles. The summed E-state index contributed by atoms with van der Waals surface area (Å²) in [5.74, 6) is -0.682. The van der Waals surface area contributed by atoms with Crippen LogP contribution in [-0.4, -0.2) is 15.9 Å². The van der Waals surface area contributed by atoms with Gasteiger partial charge in [0.15, 0.2) is 0 Å². The van der Waals surface area contributed by atoms with Crippen LogP contribution in [0.1, 0.15) is 10.4 Å². The van der Waals surface area contributed by atoms with Gasteiger partial charge in [0, 0.05) is 40.3 Å². The summed E-state index contributed by atoms with van der Waals surface area (Å²) in [6, 6.07) is 17.2. The normalized spacial score (nSPS) is 10.7. The second-order valence-electron chi connectivity index (χ2n) is 5.91. The van der Waals surface area contributed by atoms with Crippen molar-refractivity contribution in [3.8, 4) is 11.3 Å². The number of amides is 1. The second-order valence-corrected chi connectivity index (χ2v) is 6.35. The molecule has 4 rings (SSSR count). The van der Waals surface area contributed by atoms with Crippen LogP contribution < -0.4 is 5.06 Å². The summed E-state index contributed by atoms with van der Waals surface area (Å²) in [6.45, 7) is 0. The Balaban J connectivity index is 1.63. The molecule has 2 aromatic carbocycles. The van der Waals surface area contributed by atoms with Crippen molar-refractivity contribution in [3.05, 3.63) is 95.0 Å². The number of pyridine rings is 2. The molecule has 0 atom stereocenters. The van der Waals surface area contributed by atoms with Crippen molar-refractivity contribution in [1.29, 1.82) is 0 Å². The molecule has 5 nitrogen and oxygen atoms in total. The number of nitrogens with zero attached hydrogens (tertiary/aromatic N) is 3. The summed E-state index contributed by atoms with van der Waals surface area (Å²) in [6.07, 6.45) is 4.93. The molecule has 0 saturated heterocycles. The van der Waals surface area contributed by atoms with Gasteiger partial charge in [0.05, 0.1) is 11.3 Å². The number of hydrogen-bond donors (Lipinski definition) is 0.